The van der Waals surface area contributed by atoms with Crippen LogP contribution in [0.1, 0.15) is 52.3 Å². The van der Waals surface area contributed by atoms with Crippen molar-refractivity contribution in [3.05, 3.63) is 5.82 Å². The lowest BCUT2D eigenvalue weighted by Gasteiger charge is -2.32. The van der Waals surface area contributed by atoms with E-state index < -0.39 is 0 Å². The molecule has 2 unspecified atom stereocenters. The lowest BCUT2D eigenvalue weighted by atomic mass is 9.91. The van der Waals surface area contributed by atoms with Crippen LogP contribution in [-0.4, -0.2) is 34.3 Å². The number of anilines is 1. The highest BCUT2D eigenvalue weighted by atomic mass is 15.4. The van der Waals surface area contributed by atoms with Crippen LogP contribution in [-0.2, 0) is 0 Å². The highest BCUT2D eigenvalue weighted by Gasteiger charge is 2.24. The first-order valence-corrected chi connectivity index (χ1v) is 7.42. The highest BCUT2D eigenvalue weighted by molar-refractivity contribution is 5.29. The first-order valence-electron chi connectivity index (χ1n) is 7.42. The molecule has 0 aliphatic carbocycles. The first kappa shape index (κ1) is 14.3. The van der Waals surface area contributed by atoms with E-state index in [-0.39, 0.29) is 0 Å². The Labute approximate surface area is 116 Å². The van der Waals surface area contributed by atoms with Gasteiger partial charge < -0.3 is 10.6 Å². The molecule has 1 aliphatic heterocycles. The van der Waals surface area contributed by atoms with Crippen molar-refractivity contribution < 1.29 is 0 Å². The van der Waals surface area contributed by atoms with Gasteiger partial charge in [0.05, 0.1) is 0 Å². The Morgan fingerprint density at radius 3 is 2.37 bits per heavy atom. The second kappa shape index (κ2) is 5.90. The quantitative estimate of drug-likeness (QED) is 0.875. The summed E-state index contributed by atoms with van der Waals surface area (Å²) in [5.41, 5.74) is 5.97. The van der Waals surface area contributed by atoms with Crippen molar-refractivity contribution in [2.24, 2.45) is 17.6 Å². The maximum atomic E-state index is 5.97. The van der Waals surface area contributed by atoms with Crippen molar-refractivity contribution in [3.8, 4) is 0 Å². The van der Waals surface area contributed by atoms with Crippen molar-refractivity contribution in [1.29, 1.82) is 0 Å². The van der Waals surface area contributed by atoms with Gasteiger partial charge in [-0.1, -0.05) is 20.8 Å². The number of nitrogens with two attached hydrogens (primary N) is 1. The van der Waals surface area contributed by atoms with Crippen molar-refractivity contribution in [2.45, 2.75) is 52.5 Å². The van der Waals surface area contributed by atoms with E-state index in [9.17, 15) is 0 Å². The number of nitrogens with zero attached hydrogens (tertiary/aromatic N) is 3. The largest absolute Gasteiger partial charge is 0.340 e. The van der Waals surface area contributed by atoms with E-state index >= 15 is 0 Å². The predicted molar refractivity (Wildman–Crippen MR) is 78.2 cm³/mol. The Hall–Kier alpha value is -1.10. The van der Waals surface area contributed by atoms with Gasteiger partial charge in [0.25, 0.3) is 0 Å². The van der Waals surface area contributed by atoms with Gasteiger partial charge in [-0.25, -0.2) is 0 Å². The molecule has 5 nitrogen and oxygen atoms in total. The monoisotopic (exact) mass is 265 g/mol. The zero-order valence-corrected chi connectivity index (χ0v) is 12.6. The first-order chi connectivity index (χ1) is 8.99. The van der Waals surface area contributed by atoms with E-state index in [1.807, 2.05) is 0 Å². The van der Waals surface area contributed by atoms with E-state index in [2.05, 4.69) is 47.8 Å². The fourth-order valence-electron chi connectivity index (χ4n) is 2.55. The highest BCUT2D eigenvalue weighted by Crippen LogP contribution is 2.25. The fourth-order valence-corrected chi connectivity index (χ4v) is 2.55. The summed E-state index contributed by atoms with van der Waals surface area (Å²) >= 11 is 0. The maximum Gasteiger partial charge on any atom is 0.244 e. The van der Waals surface area contributed by atoms with Crippen LogP contribution in [0.2, 0.25) is 0 Å². The Balaban J connectivity index is 1.97. The van der Waals surface area contributed by atoms with Crippen LogP contribution in [0.5, 0.6) is 0 Å². The van der Waals surface area contributed by atoms with Crippen LogP contribution < -0.4 is 10.6 Å². The second-order valence-corrected chi connectivity index (χ2v) is 6.24. The third kappa shape index (κ3) is 3.26. The molecule has 1 fully saturated rings. The number of aromatic amines is 1. The van der Waals surface area contributed by atoms with Gasteiger partial charge in [0, 0.05) is 25.0 Å². The molecular weight excluding hydrogens is 238 g/mol. The summed E-state index contributed by atoms with van der Waals surface area (Å²) in [5, 5.41) is 7.46. The number of aromatic nitrogens is 3. The van der Waals surface area contributed by atoms with Crippen LogP contribution in [0.25, 0.3) is 0 Å². The van der Waals surface area contributed by atoms with Crippen LogP contribution in [0.4, 0.5) is 5.95 Å². The predicted octanol–water partition coefficient (Wildman–Crippen LogP) is 2.13. The maximum absolute atomic E-state index is 5.97. The molecule has 0 amide bonds. The van der Waals surface area contributed by atoms with E-state index in [0.717, 1.165) is 37.7 Å². The minimum atomic E-state index is 0.297. The molecule has 2 heterocycles. The number of piperidine rings is 1. The summed E-state index contributed by atoms with van der Waals surface area (Å²) in [5.74, 6) is 3.49. The zero-order valence-electron chi connectivity index (χ0n) is 12.6. The van der Waals surface area contributed by atoms with Crippen LogP contribution >= 0.6 is 0 Å². The van der Waals surface area contributed by atoms with Gasteiger partial charge in [-0.15, -0.1) is 5.10 Å². The van der Waals surface area contributed by atoms with Gasteiger partial charge in [-0.2, -0.15) is 4.98 Å². The molecule has 1 aromatic rings. The molecule has 2 atom stereocenters. The fraction of sp³-hybridized carbons (Fsp3) is 0.857. The molecular formula is C14H27N5. The van der Waals surface area contributed by atoms with Crippen LogP contribution in [0, 0.1) is 11.8 Å². The van der Waals surface area contributed by atoms with Gasteiger partial charge in [-0.05, 0) is 31.6 Å². The van der Waals surface area contributed by atoms with Crippen LogP contribution in [0.3, 0.4) is 0 Å². The molecule has 0 saturated carbocycles. The molecule has 0 radical (unpaired) electrons. The molecule has 0 bridgehead atoms. The van der Waals surface area contributed by atoms with E-state index in [1.165, 1.54) is 0 Å². The smallest absolute Gasteiger partial charge is 0.244 e. The number of rotatable bonds is 4. The third-order valence-corrected chi connectivity index (χ3v) is 4.49. The summed E-state index contributed by atoms with van der Waals surface area (Å²) in [6, 6.07) is 0.297. The molecule has 1 aliphatic rings. The van der Waals surface area contributed by atoms with Crippen LogP contribution in [0.15, 0.2) is 0 Å². The molecule has 1 saturated heterocycles. The number of nitrogens with one attached hydrogen (secondary N) is 1. The minimum absolute atomic E-state index is 0.297. The number of hydrogen-bond acceptors (Lipinski definition) is 4. The SMILES string of the molecule is CC(C)C(C)c1nc(N2CCC(C(C)N)CC2)n[nH]1. The second-order valence-electron chi connectivity index (χ2n) is 6.24. The molecule has 0 spiro atoms. The zero-order chi connectivity index (χ0) is 14.0. The third-order valence-electron chi connectivity index (χ3n) is 4.49. The molecule has 1 aromatic heterocycles. The molecule has 108 valence electrons. The summed E-state index contributed by atoms with van der Waals surface area (Å²) in [6.07, 6.45) is 2.28. The molecule has 0 aromatic carbocycles. The van der Waals surface area contributed by atoms with Crippen molar-refractivity contribution >= 4 is 5.95 Å². The Bertz CT molecular complexity index is 390. The van der Waals surface area contributed by atoms with Gasteiger partial charge in [0.2, 0.25) is 5.95 Å². The minimum Gasteiger partial charge on any atom is -0.340 e. The molecule has 5 heteroatoms. The van der Waals surface area contributed by atoms with Crippen molar-refractivity contribution in [2.75, 3.05) is 18.0 Å². The average molecular weight is 265 g/mol. The van der Waals surface area contributed by atoms with Gasteiger partial charge in [0.1, 0.15) is 5.82 Å². The van der Waals surface area contributed by atoms with Gasteiger partial charge >= 0.3 is 0 Å². The Morgan fingerprint density at radius 2 is 1.84 bits per heavy atom. The summed E-state index contributed by atoms with van der Waals surface area (Å²) < 4.78 is 0. The number of H-pyrrole nitrogens is 1. The molecule has 19 heavy (non-hydrogen) atoms. The van der Waals surface area contributed by atoms with Crippen molar-refractivity contribution in [1.82, 2.24) is 15.2 Å². The summed E-state index contributed by atoms with van der Waals surface area (Å²) in [7, 11) is 0. The van der Waals surface area contributed by atoms with E-state index in [1.54, 1.807) is 0 Å². The standard InChI is InChI=1S/C14H27N5/c1-9(2)10(3)13-16-14(18-17-13)19-7-5-12(6-8-19)11(4)15/h9-12H,5-8,15H2,1-4H3,(H,16,17,18). The average Bonchev–Trinajstić information content (AvgIpc) is 2.87. The van der Waals surface area contributed by atoms with Gasteiger partial charge in [-0.3, -0.25) is 5.10 Å². The lowest BCUT2D eigenvalue weighted by molar-refractivity contribution is 0.352. The van der Waals surface area contributed by atoms with E-state index in [0.29, 0.717) is 23.8 Å². The summed E-state index contributed by atoms with van der Waals surface area (Å²) in [4.78, 5) is 6.92. The normalized spacial score (nSPS) is 20.8. The van der Waals surface area contributed by atoms with Gasteiger partial charge in [0.15, 0.2) is 0 Å². The molecule has 3 N–H and O–H groups in total. The topological polar surface area (TPSA) is 70.8 Å². The number of hydrogen-bond donors (Lipinski definition) is 2. The Kier molecular flexibility index (Phi) is 4.45. The molecule has 2 rings (SSSR count). The lowest BCUT2D eigenvalue weighted by Crippen LogP contribution is -2.40. The Morgan fingerprint density at radius 1 is 1.21 bits per heavy atom. The van der Waals surface area contributed by atoms with Crippen molar-refractivity contribution in [3.63, 3.8) is 0 Å². The summed E-state index contributed by atoms with van der Waals surface area (Å²) in [6.45, 7) is 10.7. The van der Waals surface area contributed by atoms with E-state index in [4.69, 9.17) is 5.73 Å².